The number of pyridine rings is 1. The maximum Gasteiger partial charge on any atom is 0.250 e. The Morgan fingerprint density at radius 1 is 1.56 bits per heavy atom. The number of nitrogens with zero attached hydrogens (tertiary/aromatic N) is 2. The zero-order valence-corrected chi connectivity index (χ0v) is 10.7. The lowest BCUT2D eigenvalue weighted by atomic mass is 10.2. The van der Waals surface area contributed by atoms with E-state index in [2.05, 4.69) is 20.9 Å². The molecule has 0 unspecified atom stereocenters. The van der Waals surface area contributed by atoms with Crippen molar-refractivity contribution in [1.82, 2.24) is 9.55 Å². The Bertz CT molecular complexity index is 560. The zero-order chi connectivity index (χ0) is 11.9. The highest BCUT2D eigenvalue weighted by molar-refractivity contribution is 9.10. The summed E-state index contributed by atoms with van der Waals surface area (Å²) in [4.78, 5) is 15.6. The minimum atomic E-state index is -0.427. The highest BCUT2D eigenvalue weighted by Crippen LogP contribution is 2.25. The van der Waals surface area contributed by atoms with Crippen LogP contribution < -0.4 is 5.73 Å². The van der Waals surface area contributed by atoms with Crippen molar-refractivity contribution >= 4 is 32.9 Å². The number of hydrogen-bond acceptors (Lipinski definition) is 2. The number of rotatable bonds is 2. The van der Waals surface area contributed by atoms with Gasteiger partial charge in [-0.1, -0.05) is 0 Å². The largest absolute Gasteiger partial charge is 0.366 e. The molecule has 0 aliphatic heterocycles. The van der Waals surface area contributed by atoms with Crippen LogP contribution in [0.1, 0.15) is 30.2 Å². The molecule has 0 fully saturated rings. The van der Waals surface area contributed by atoms with E-state index in [0.717, 1.165) is 15.5 Å². The number of nitrogens with two attached hydrogens (primary N) is 1. The van der Waals surface area contributed by atoms with Gasteiger partial charge in [0.05, 0.1) is 5.56 Å². The van der Waals surface area contributed by atoms with Gasteiger partial charge in [-0.3, -0.25) is 4.79 Å². The number of amides is 1. The molecule has 2 N–H and O–H groups in total. The van der Waals surface area contributed by atoms with Gasteiger partial charge in [-0.25, -0.2) is 4.98 Å². The normalized spacial score (nSPS) is 11.2. The lowest BCUT2D eigenvalue weighted by Crippen LogP contribution is -2.10. The van der Waals surface area contributed by atoms with E-state index in [1.807, 2.05) is 24.5 Å². The number of hydrogen-bond donors (Lipinski definition) is 1. The molecule has 0 spiro atoms. The second-order valence-corrected chi connectivity index (χ2v) is 4.85. The minimum absolute atomic E-state index is 0.240. The second kappa shape index (κ2) is 3.90. The molecule has 1 amide bonds. The summed E-state index contributed by atoms with van der Waals surface area (Å²) >= 11 is 3.34. The summed E-state index contributed by atoms with van der Waals surface area (Å²) in [5.74, 6) is -0.427. The monoisotopic (exact) mass is 281 g/mol. The lowest BCUT2D eigenvalue weighted by Gasteiger charge is -2.07. The van der Waals surface area contributed by atoms with Crippen LogP contribution in [0.15, 0.2) is 22.9 Å². The van der Waals surface area contributed by atoms with E-state index < -0.39 is 5.91 Å². The maximum atomic E-state index is 11.3. The Morgan fingerprint density at radius 3 is 2.81 bits per heavy atom. The van der Waals surface area contributed by atoms with Gasteiger partial charge in [-0.05, 0) is 35.8 Å². The summed E-state index contributed by atoms with van der Waals surface area (Å²) in [6, 6.07) is 2.10. The van der Waals surface area contributed by atoms with Gasteiger partial charge in [0.2, 0.25) is 0 Å². The van der Waals surface area contributed by atoms with Crippen molar-refractivity contribution in [3.63, 3.8) is 0 Å². The van der Waals surface area contributed by atoms with Crippen molar-refractivity contribution in [3.05, 3.63) is 28.5 Å². The third-order valence-electron chi connectivity index (χ3n) is 2.46. The van der Waals surface area contributed by atoms with Gasteiger partial charge in [-0.15, -0.1) is 0 Å². The van der Waals surface area contributed by atoms with Crippen molar-refractivity contribution in [2.45, 2.75) is 19.9 Å². The molecule has 16 heavy (non-hydrogen) atoms. The van der Waals surface area contributed by atoms with Crippen LogP contribution in [0.2, 0.25) is 0 Å². The Morgan fingerprint density at radius 2 is 2.25 bits per heavy atom. The molecule has 4 nitrogen and oxygen atoms in total. The van der Waals surface area contributed by atoms with Gasteiger partial charge in [0.25, 0.3) is 5.91 Å². The van der Waals surface area contributed by atoms with E-state index in [-0.39, 0.29) is 6.04 Å². The number of primary amides is 1. The quantitative estimate of drug-likeness (QED) is 0.919. The number of aromatic nitrogens is 2. The molecule has 0 aliphatic rings. The summed E-state index contributed by atoms with van der Waals surface area (Å²) in [6.07, 6.45) is 3.48. The SMILES string of the molecule is CC(C)n1cc(C(N)=O)c2cc(Br)cnc21. The number of carbonyl (C=O) groups excluding carboxylic acids is 1. The van der Waals surface area contributed by atoms with E-state index in [0.29, 0.717) is 5.56 Å². The second-order valence-electron chi connectivity index (χ2n) is 3.93. The fourth-order valence-electron chi connectivity index (χ4n) is 1.70. The highest BCUT2D eigenvalue weighted by atomic mass is 79.9. The third-order valence-corrected chi connectivity index (χ3v) is 2.89. The number of halogens is 1. The van der Waals surface area contributed by atoms with Crippen LogP contribution in [0.4, 0.5) is 0 Å². The summed E-state index contributed by atoms with van der Waals surface area (Å²) in [5, 5.41) is 0.788. The van der Waals surface area contributed by atoms with E-state index >= 15 is 0 Å². The Hall–Kier alpha value is -1.36. The molecule has 0 aliphatic carbocycles. The van der Waals surface area contributed by atoms with Gasteiger partial charge >= 0.3 is 0 Å². The molecule has 2 heterocycles. The van der Waals surface area contributed by atoms with Gasteiger partial charge in [0.15, 0.2) is 0 Å². The smallest absolute Gasteiger partial charge is 0.250 e. The standard InChI is InChI=1S/C11H12BrN3O/c1-6(2)15-5-9(10(13)16)8-3-7(12)4-14-11(8)15/h3-6H,1-2H3,(H2,13,16). The van der Waals surface area contributed by atoms with Crippen LogP contribution in [-0.4, -0.2) is 15.5 Å². The van der Waals surface area contributed by atoms with Gasteiger partial charge < -0.3 is 10.3 Å². The van der Waals surface area contributed by atoms with Crippen molar-refractivity contribution < 1.29 is 4.79 Å². The Balaban J connectivity index is 2.81. The van der Waals surface area contributed by atoms with Crippen LogP contribution >= 0.6 is 15.9 Å². The van der Waals surface area contributed by atoms with Gasteiger partial charge in [-0.2, -0.15) is 0 Å². The molecule has 2 rings (SSSR count). The molecule has 5 heteroatoms. The lowest BCUT2D eigenvalue weighted by molar-refractivity contribution is 0.100. The predicted molar refractivity (Wildman–Crippen MR) is 66.3 cm³/mol. The van der Waals surface area contributed by atoms with E-state index in [1.54, 1.807) is 12.4 Å². The van der Waals surface area contributed by atoms with Crippen LogP contribution in [0.3, 0.4) is 0 Å². The zero-order valence-electron chi connectivity index (χ0n) is 9.07. The molecule has 0 bridgehead atoms. The average molecular weight is 282 g/mol. The molecule has 84 valence electrons. The van der Waals surface area contributed by atoms with Crippen molar-refractivity contribution in [3.8, 4) is 0 Å². The van der Waals surface area contributed by atoms with Crippen LogP contribution in [0, 0.1) is 0 Å². The number of carbonyl (C=O) groups is 1. The molecular formula is C11H12BrN3O. The molecular weight excluding hydrogens is 270 g/mol. The first-order valence-electron chi connectivity index (χ1n) is 4.96. The first kappa shape index (κ1) is 11.1. The van der Waals surface area contributed by atoms with E-state index in [4.69, 9.17) is 5.73 Å². The molecule has 0 saturated carbocycles. The Kier molecular flexibility index (Phi) is 2.71. The predicted octanol–water partition coefficient (Wildman–Crippen LogP) is 2.48. The molecule has 2 aromatic heterocycles. The van der Waals surface area contributed by atoms with Crippen molar-refractivity contribution in [1.29, 1.82) is 0 Å². The molecule has 2 aromatic rings. The summed E-state index contributed by atoms with van der Waals surface area (Å²) in [7, 11) is 0. The fourth-order valence-corrected chi connectivity index (χ4v) is 2.03. The van der Waals surface area contributed by atoms with Crippen LogP contribution in [0.25, 0.3) is 11.0 Å². The molecule has 0 radical (unpaired) electrons. The van der Waals surface area contributed by atoms with Gasteiger partial charge in [0, 0.05) is 28.3 Å². The maximum absolute atomic E-state index is 11.3. The van der Waals surface area contributed by atoms with Crippen molar-refractivity contribution in [2.75, 3.05) is 0 Å². The van der Waals surface area contributed by atoms with E-state index in [1.165, 1.54) is 0 Å². The summed E-state index contributed by atoms with van der Waals surface area (Å²) < 4.78 is 2.78. The molecule has 0 saturated heterocycles. The van der Waals surface area contributed by atoms with Crippen LogP contribution in [-0.2, 0) is 0 Å². The molecule has 0 aromatic carbocycles. The average Bonchev–Trinajstić information content (AvgIpc) is 2.56. The first-order chi connectivity index (χ1) is 7.50. The summed E-state index contributed by atoms with van der Waals surface area (Å²) in [5.41, 5.74) is 6.64. The number of fused-ring (bicyclic) bond motifs is 1. The Labute approximate surface area is 102 Å². The van der Waals surface area contributed by atoms with E-state index in [9.17, 15) is 4.79 Å². The topological polar surface area (TPSA) is 60.9 Å². The van der Waals surface area contributed by atoms with Crippen LogP contribution in [0.5, 0.6) is 0 Å². The molecule has 0 atom stereocenters. The van der Waals surface area contributed by atoms with Crippen molar-refractivity contribution in [2.24, 2.45) is 5.73 Å². The summed E-state index contributed by atoms with van der Waals surface area (Å²) in [6.45, 7) is 4.07. The first-order valence-corrected chi connectivity index (χ1v) is 5.76. The third kappa shape index (κ3) is 1.71. The van der Waals surface area contributed by atoms with Gasteiger partial charge in [0.1, 0.15) is 5.65 Å². The minimum Gasteiger partial charge on any atom is -0.366 e. The highest BCUT2D eigenvalue weighted by Gasteiger charge is 2.15. The fraction of sp³-hybridized carbons (Fsp3) is 0.273.